The highest BCUT2D eigenvalue weighted by atomic mass is 16.5. The fourth-order valence-electron chi connectivity index (χ4n) is 2.17. The van der Waals surface area contributed by atoms with Gasteiger partial charge in [0.15, 0.2) is 5.69 Å². The number of methoxy groups -OCH3 is 1. The normalized spacial score (nSPS) is 10.5. The van der Waals surface area contributed by atoms with Gasteiger partial charge in [-0.1, -0.05) is 17.3 Å². The molecule has 122 valence electrons. The molecule has 2 aromatic rings. The highest BCUT2D eigenvalue weighted by Crippen LogP contribution is 2.17. The van der Waals surface area contributed by atoms with Crippen LogP contribution in [-0.2, 0) is 17.8 Å². The van der Waals surface area contributed by atoms with Crippen molar-refractivity contribution in [1.82, 2.24) is 15.0 Å². The number of rotatable bonds is 8. The van der Waals surface area contributed by atoms with E-state index in [9.17, 15) is 14.7 Å². The molecule has 0 saturated heterocycles. The van der Waals surface area contributed by atoms with E-state index in [-0.39, 0.29) is 12.1 Å². The van der Waals surface area contributed by atoms with Crippen molar-refractivity contribution in [3.63, 3.8) is 0 Å². The first-order valence-corrected chi connectivity index (χ1v) is 7.01. The van der Waals surface area contributed by atoms with Gasteiger partial charge in [-0.05, 0) is 24.1 Å². The first-order valence-electron chi connectivity index (χ1n) is 7.01. The first kappa shape index (κ1) is 16.5. The molecule has 8 nitrogen and oxygen atoms in total. The summed E-state index contributed by atoms with van der Waals surface area (Å²) >= 11 is 0. The molecule has 0 unspecified atom stereocenters. The van der Waals surface area contributed by atoms with Crippen molar-refractivity contribution in [1.29, 1.82) is 0 Å². The molecule has 2 rings (SSSR count). The Hall–Kier alpha value is -2.90. The van der Waals surface area contributed by atoms with Crippen LogP contribution in [0.3, 0.4) is 0 Å². The maximum Gasteiger partial charge on any atom is 0.358 e. The Bertz CT molecular complexity index is 694. The zero-order valence-electron chi connectivity index (χ0n) is 12.6. The number of ether oxygens (including phenoxy) is 1. The third-order valence-electron chi connectivity index (χ3n) is 3.33. The van der Waals surface area contributed by atoms with Crippen LogP contribution in [0.5, 0.6) is 5.75 Å². The Morgan fingerprint density at radius 1 is 1.22 bits per heavy atom. The topological polar surface area (TPSA) is 115 Å². The monoisotopic (exact) mass is 319 g/mol. The molecule has 1 heterocycles. The van der Waals surface area contributed by atoms with Crippen molar-refractivity contribution in [2.24, 2.45) is 0 Å². The highest BCUT2D eigenvalue weighted by Gasteiger charge is 2.19. The average molecular weight is 319 g/mol. The van der Waals surface area contributed by atoms with Crippen LogP contribution in [0.1, 0.15) is 34.6 Å². The third-order valence-corrected chi connectivity index (χ3v) is 3.33. The third kappa shape index (κ3) is 4.29. The minimum absolute atomic E-state index is 0.00968. The van der Waals surface area contributed by atoms with Crippen molar-refractivity contribution in [2.75, 3.05) is 7.11 Å². The molecule has 1 aromatic heterocycles. The summed E-state index contributed by atoms with van der Waals surface area (Å²) in [5.74, 6) is -1.35. The van der Waals surface area contributed by atoms with Gasteiger partial charge >= 0.3 is 11.9 Å². The van der Waals surface area contributed by atoms with Gasteiger partial charge in [0, 0.05) is 19.4 Å². The van der Waals surface area contributed by atoms with Crippen LogP contribution in [0.4, 0.5) is 0 Å². The van der Waals surface area contributed by atoms with Crippen LogP contribution in [0.15, 0.2) is 24.3 Å². The van der Waals surface area contributed by atoms with E-state index in [2.05, 4.69) is 10.3 Å². The van der Waals surface area contributed by atoms with Crippen LogP contribution < -0.4 is 4.74 Å². The summed E-state index contributed by atoms with van der Waals surface area (Å²) in [6.45, 7) is 0.304. The molecule has 0 amide bonds. The first-order chi connectivity index (χ1) is 11.0. The average Bonchev–Trinajstić information content (AvgIpc) is 2.91. The number of carbonyl (C=O) groups is 2. The van der Waals surface area contributed by atoms with Gasteiger partial charge in [0.05, 0.1) is 12.8 Å². The van der Waals surface area contributed by atoms with E-state index in [0.717, 1.165) is 5.56 Å². The molecule has 23 heavy (non-hydrogen) atoms. The summed E-state index contributed by atoms with van der Waals surface area (Å²) in [6, 6.07) is 7.24. The number of aryl methyl sites for hydroxylation is 1. The molecule has 2 N–H and O–H groups in total. The number of aromatic nitrogens is 3. The fourth-order valence-corrected chi connectivity index (χ4v) is 2.17. The van der Waals surface area contributed by atoms with E-state index in [0.29, 0.717) is 30.8 Å². The highest BCUT2D eigenvalue weighted by molar-refractivity contribution is 5.86. The summed E-state index contributed by atoms with van der Waals surface area (Å²) < 4.78 is 6.54. The number of aromatic carboxylic acids is 1. The number of aliphatic carboxylic acids is 1. The zero-order valence-corrected chi connectivity index (χ0v) is 12.6. The number of carboxylic acids is 2. The van der Waals surface area contributed by atoms with E-state index in [4.69, 9.17) is 9.84 Å². The van der Waals surface area contributed by atoms with E-state index in [1.807, 2.05) is 12.1 Å². The molecular formula is C15H17N3O5. The molecule has 0 atom stereocenters. The second-order valence-corrected chi connectivity index (χ2v) is 4.94. The smallest absolute Gasteiger partial charge is 0.358 e. The Morgan fingerprint density at radius 3 is 2.48 bits per heavy atom. The lowest BCUT2D eigenvalue weighted by molar-refractivity contribution is -0.137. The lowest BCUT2D eigenvalue weighted by atomic mass is 10.1. The Morgan fingerprint density at radius 2 is 1.91 bits per heavy atom. The summed E-state index contributed by atoms with van der Waals surface area (Å²) in [5, 5.41) is 25.4. The lowest BCUT2D eigenvalue weighted by Gasteiger charge is -2.07. The summed E-state index contributed by atoms with van der Waals surface area (Å²) in [4.78, 5) is 21.9. The summed E-state index contributed by atoms with van der Waals surface area (Å²) in [5.41, 5.74) is 1.22. The van der Waals surface area contributed by atoms with Crippen molar-refractivity contribution < 1.29 is 24.5 Å². The Labute approximate surface area is 132 Å². The maximum absolute atomic E-state index is 11.3. The van der Waals surface area contributed by atoms with Gasteiger partial charge in [0.1, 0.15) is 5.75 Å². The largest absolute Gasteiger partial charge is 0.497 e. The molecule has 0 saturated carbocycles. The number of carboxylic acid groups (broad SMARTS) is 2. The van der Waals surface area contributed by atoms with Crippen molar-refractivity contribution in [3.8, 4) is 5.75 Å². The van der Waals surface area contributed by atoms with Gasteiger partial charge in [-0.15, -0.1) is 5.10 Å². The zero-order chi connectivity index (χ0) is 16.8. The van der Waals surface area contributed by atoms with Crippen molar-refractivity contribution in [2.45, 2.75) is 25.8 Å². The molecular weight excluding hydrogens is 302 g/mol. The SMILES string of the molecule is COc1ccc(Cc2c(C(=O)O)nnn2CCCC(=O)O)cc1. The van der Waals surface area contributed by atoms with E-state index in [1.165, 1.54) is 4.68 Å². The Kier molecular flexibility index (Phi) is 5.29. The van der Waals surface area contributed by atoms with Crippen molar-refractivity contribution in [3.05, 3.63) is 41.2 Å². The molecule has 0 radical (unpaired) electrons. The summed E-state index contributed by atoms with van der Waals surface area (Å²) in [7, 11) is 1.57. The minimum atomic E-state index is -1.15. The van der Waals surface area contributed by atoms with E-state index >= 15 is 0 Å². The van der Waals surface area contributed by atoms with Crippen LogP contribution in [0.2, 0.25) is 0 Å². The molecule has 1 aromatic carbocycles. The molecule has 0 bridgehead atoms. The van der Waals surface area contributed by atoms with Gasteiger partial charge in [0.2, 0.25) is 0 Å². The summed E-state index contributed by atoms with van der Waals surface area (Å²) in [6.07, 6.45) is 0.684. The predicted octanol–water partition coefficient (Wildman–Crippen LogP) is 1.44. The van der Waals surface area contributed by atoms with Gasteiger partial charge in [-0.2, -0.15) is 0 Å². The van der Waals surface area contributed by atoms with Gasteiger partial charge in [-0.3, -0.25) is 4.79 Å². The van der Waals surface area contributed by atoms with Crippen LogP contribution >= 0.6 is 0 Å². The molecule has 0 aliphatic carbocycles. The van der Waals surface area contributed by atoms with E-state index in [1.54, 1.807) is 19.2 Å². The second-order valence-electron chi connectivity index (χ2n) is 4.94. The van der Waals surface area contributed by atoms with Crippen LogP contribution in [0, 0.1) is 0 Å². The second kappa shape index (κ2) is 7.39. The minimum Gasteiger partial charge on any atom is -0.497 e. The lowest BCUT2D eigenvalue weighted by Crippen LogP contribution is -2.10. The van der Waals surface area contributed by atoms with Gasteiger partial charge in [0.25, 0.3) is 0 Å². The van der Waals surface area contributed by atoms with Crippen LogP contribution in [0.25, 0.3) is 0 Å². The van der Waals surface area contributed by atoms with Crippen LogP contribution in [-0.4, -0.2) is 44.3 Å². The van der Waals surface area contributed by atoms with Gasteiger partial charge < -0.3 is 14.9 Å². The number of nitrogens with zero attached hydrogens (tertiary/aromatic N) is 3. The predicted molar refractivity (Wildman–Crippen MR) is 79.7 cm³/mol. The number of benzene rings is 1. The standard InChI is InChI=1S/C15H17N3O5/c1-23-11-6-4-10(5-7-11)9-12-14(15(21)22)16-17-18(12)8-2-3-13(19)20/h4-7H,2-3,8-9H2,1H3,(H,19,20)(H,21,22). The Balaban J connectivity index is 2.20. The number of hydrogen-bond acceptors (Lipinski definition) is 5. The fraction of sp³-hybridized carbons (Fsp3) is 0.333. The molecule has 0 aliphatic heterocycles. The molecule has 8 heteroatoms. The quantitative estimate of drug-likeness (QED) is 0.756. The molecule has 0 spiro atoms. The van der Waals surface area contributed by atoms with Crippen molar-refractivity contribution >= 4 is 11.9 Å². The van der Waals surface area contributed by atoms with E-state index < -0.39 is 11.9 Å². The van der Waals surface area contributed by atoms with Gasteiger partial charge in [-0.25, -0.2) is 9.48 Å². The maximum atomic E-state index is 11.3. The molecule has 0 aliphatic rings. The number of hydrogen-bond donors (Lipinski definition) is 2. The molecule has 0 fully saturated rings.